The summed E-state index contributed by atoms with van der Waals surface area (Å²) in [5, 5.41) is 19.4. The van der Waals surface area contributed by atoms with Crippen LogP contribution in [0.1, 0.15) is 18.5 Å². The summed E-state index contributed by atoms with van der Waals surface area (Å²) in [6.45, 7) is 1.45. The molecule has 0 bridgehead atoms. The lowest BCUT2D eigenvalue weighted by Gasteiger charge is -2.33. The van der Waals surface area contributed by atoms with E-state index in [0.717, 1.165) is 11.1 Å². The second-order valence-electron chi connectivity index (χ2n) is 5.43. The molecule has 0 radical (unpaired) electrons. The van der Waals surface area contributed by atoms with Crippen molar-refractivity contribution in [3.05, 3.63) is 65.6 Å². The van der Waals surface area contributed by atoms with Gasteiger partial charge in [-0.15, -0.1) is 0 Å². The number of carboxylic acid groups (broad SMARTS) is 1. The standard InChI is InChI=1S/C18H14N4O3/c1-11-15(9-19)16(22(18(24)25)17(23)21-11)13-5-2-4-12(8-13)14-6-3-7-20-10-14/h2-8,10,16H,1H3,(H,21,23)(H,24,25)/i/hD. The van der Waals surface area contributed by atoms with E-state index >= 15 is 0 Å². The molecule has 1 aliphatic heterocycles. The number of allylic oxidation sites excluding steroid dienone is 1. The molecule has 2 aromatic rings. The highest BCUT2D eigenvalue weighted by atomic mass is 16.4. The van der Waals surface area contributed by atoms with Crippen LogP contribution in [0.15, 0.2) is 60.1 Å². The molecule has 1 aromatic heterocycles. The molecule has 124 valence electrons. The Morgan fingerprint density at radius 2 is 2.16 bits per heavy atom. The van der Waals surface area contributed by atoms with Gasteiger partial charge in [-0.2, -0.15) is 5.26 Å². The first kappa shape index (κ1) is 14.9. The number of rotatable bonds is 2. The molecular weight excluding hydrogens is 320 g/mol. The summed E-state index contributed by atoms with van der Waals surface area (Å²) >= 11 is 0. The minimum Gasteiger partial charge on any atom is -0.465 e. The Balaban J connectivity index is 2.18. The molecule has 0 saturated carbocycles. The zero-order valence-electron chi connectivity index (χ0n) is 14.2. The topological polar surface area (TPSA) is 106 Å². The molecule has 3 rings (SSSR count). The number of nitrogens with zero attached hydrogens (tertiary/aromatic N) is 3. The number of carbonyl (C=O) groups is 2. The Bertz CT molecular complexity index is 952. The molecule has 1 aromatic carbocycles. The number of nitriles is 1. The lowest BCUT2D eigenvalue weighted by molar-refractivity contribution is 0.136. The predicted octanol–water partition coefficient (Wildman–Crippen LogP) is 3.29. The van der Waals surface area contributed by atoms with Crippen LogP contribution in [-0.4, -0.2) is 27.1 Å². The average molecular weight is 335 g/mol. The first-order chi connectivity index (χ1) is 12.5. The highest BCUT2D eigenvalue weighted by Crippen LogP contribution is 2.34. The highest BCUT2D eigenvalue weighted by molar-refractivity contribution is 5.93. The molecule has 3 amide bonds. The number of amides is 3. The van der Waals surface area contributed by atoms with Crippen molar-refractivity contribution in [3.63, 3.8) is 0 Å². The number of hydrogen-bond donors (Lipinski definition) is 2. The van der Waals surface area contributed by atoms with Gasteiger partial charge < -0.3 is 10.4 Å². The minimum absolute atomic E-state index is 0.0327. The molecular formula is C18H14N4O3. The molecule has 7 heteroatoms. The molecule has 0 aliphatic carbocycles. The van der Waals surface area contributed by atoms with Gasteiger partial charge in [0.2, 0.25) is 0 Å². The van der Waals surface area contributed by atoms with E-state index in [9.17, 15) is 20.0 Å². The lowest BCUT2D eigenvalue weighted by atomic mass is 9.93. The quantitative estimate of drug-likeness (QED) is 0.876. The van der Waals surface area contributed by atoms with E-state index in [1.807, 2.05) is 18.2 Å². The van der Waals surface area contributed by atoms with Crippen molar-refractivity contribution in [1.82, 2.24) is 15.2 Å². The van der Waals surface area contributed by atoms with Crippen LogP contribution in [0, 0.1) is 11.3 Å². The van der Waals surface area contributed by atoms with Crippen LogP contribution in [0.3, 0.4) is 0 Å². The van der Waals surface area contributed by atoms with Crippen molar-refractivity contribution in [2.45, 2.75) is 13.0 Å². The molecule has 1 unspecified atom stereocenters. The van der Waals surface area contributed by atoms with E-state index in [1.165, 1.54) is 6.92 Å². The van der Waals surface area contributed by atoms with Gasteiger partial charge in [0.15, 0.2) is 1.41 Å². The maximum Gasteiger partial charge on any atom is 0.416 e. The van der Waals surface area contributed by atoms with Gasteiger partial charge in [0.25, 0.3) is 0 Å². The Hall–Kier alpha value is -3.66. The molecule has 0 saturated heterocycles. The van der Waals surface area contributed by atoms with Crippen LogP contribution in [0.2, 0.25) is 1.41 Å². The first-order valence-electron chi connectivity index (χ1n) is 7.86. The number of aromatic nitrogens is 1. The van der Waals surface area contributed by atoms with Crippen molar-refractivity contribution in [2.75, 3.05) is 0 Å². The predicted molar refractivity (Wildman–Crippen MR) is 89.1 cm³/mol. The number of pyridine rings is 1. The maximum absolute atomic E-state index is 12.3. The van der Waals surface area contributed by atoms with Crippen molar-refractivity contribution in [3.8, 4) is 17.2 Å². The second kappa shape index (κ2) is 6.45. The fourth-order valence-corrected chi connectivity index (χ4v) is 2.77. The third-order valence-electron chi connectivity index (χ3n) is 3.91. The third kappa shape index (κ3) is 2.93. The second-order valence-corrected chi connectivity index (χ2v) is 5.43. The van der Waals surface area contributed by atoms with E-state index in [2.05, 4.69) is 4.98 Å². The Morgan fingerprint density at radius 3 is 2.80 bits per heavy atom. The number of benzene rings is 1. The van der Waals surface area contributed by atoms with Crippen LogP contribution >= 0.6 is 0 Å². The summed E-state index contributed by atoms with van der Waals surface area (Å²) in [7, 11) is 0. The molecule has 1 atom stereocenters. The highest BCUT2D eigenvalue weighted by Gasteiger charge is 2.38. The van der Waals surface area contributed by atoms with E-state index in [-0.39, 0.29) is 11.3 Å². The maximum atomic E-state index is 12.3. The summed E-state index contributed by atoms with van der Waals surface area (Å²) in [6, 6.07) is 10.4. The first-order valence-corrected chi connectivity index (χ1v) is 7.42. The normalized spacial score (nSPS) is 18.0. The third-order valence-corrected chi connectivity index (χ3v) is 3.91. The van der Waals surface area contributed by atoms with Crippen LogP contribution < -0.4 is 5.31 Å². The largest absolute Gasteiger partial charge is 0.465 e. The van der Waals surface area contributed by atoms with Crippen LogP contribution in [-0.2, 0) is 0 Å². The summed E-state index contributed by atoms with van der Waals surface area (Å²) in [5.41, 5.74) is 2.19. The fourth-order valence-electron chi connectivity index (χ4n) is 2.77. The van der Waals surface area contributed by atoms with Gasteiger partial charge in [-0.05, 0) is 35.7 Å². The lowest BCUT2D eigenvalue weighted by Crippen LogP contribution is -2.49. The molecule has 2 N–H and O–H groups in total. The molecule has 2 heterocycles. The SMILES string of the molecule is [2H]N1C(=O)N(C(=O)O)C(c2cccc(-c3cccnc3)c2)C(C#N)=C1C. The Morgan fingerprint density at radius 1 is 1.40 bits per heavy atom. The van der Waals surface area contributed by atoms with Crippen LogP contribution in [0.4, 0.5) is 9.59 Å². The summed E-state index contributed by atoms with van der Waals surface area (Å²) < 4.78 is 7.73. The van der Waals surface area contributed by atoms with Crippen molar-refractivity contribution >= 4 is 12.1 Å². The van der Waals surface area contributed by atoms with Crippen molar-refractivity contribution < 1.29 is 16.1 Å². The van der Waals surface area contributed by atoms with Gasteiger partial charge in [0, 0.05) is 18.1 Å². The van der Waals surface area contributed by atoms with E-state index in [4.69, 9.17) is 1.41 Å². The number of hydrogen-bond acceptors (Lipinski definition) is 4. The number of imide groups is 1. The number of carbonyl (C=O) groups excluding carboxylic acids is 1. The monoisotopic (exact) mass is 335 g/mol. The van der Waals surface area contributed by atoms with Gasteiger partial charge in [-0.3, -0.25) is 4.98 Å². The number of nitrogens with one attached hydrogen (secondary N) is 1. The van der Waals surface area contributed by atoms with Crippen molar-refractivity contribution in [1.29, 1.82) is 5.26 Å². The van der Waals surface area contributed by atoms with Gasteiger partial charge in [-0.25, -0.2) is 14.5 Å². The smallest absolute Gasteiger partial charge is 0.416 e. The molecule has 25 heavy (non-hydrogen) atoms. The zero-order valence-corrected chi connectivity index (χ0v) is 13.2. The van der Waals surface area contributed by atoms with E-state index < -0.39 is 18.2 Å². The number of urea groups is 1. The van der Waals surface area contributed by atoms with Gasteiger partial charge in [0.1, 0.15) is 6.04 Å². The van der Waals surface area contributed by atoms with Gasteiger partial charge in [-0.1, -0.05) is 24.3 Å². The van der Waals surface area contributed by atoms with Crippen LogP contribution in [0.25, 0.3) is 11.1 Å². The Labute approximate surface area is 145 Å². The summed E-state index contributed by atoms with van der Waals surface area (Å²) in [6.07, 6.45) is 1.78. The molecule has 1 aliphatic rings. The molecule has 0 spiro atoms. The van der Waals surface area contributed by atoms with Gasteiger partial charge >= 0.3 is 12.1 Å². The summed E-state index contributed by atoms with van der Waals surface area (Å²) in [4.78, 5) is 28.5. The van der Waals surface area contributed by atoms with Crippen LogP contribution in [0.5, 0.6) is 0 Å². The minimum atomic E-state index is -1.52. The molecule has 7 nitrogen and oxygen atoms in total. The fraction of sp³-hybridized carbons (Fsp3) is 0.111. The van der Waals surface area contributed by atoms with E-state index in [0.29, 0.717) is 15.8 Å². The van der Waals surface area contributed by atoms with E-state index in [1.54, 1.807) is 36.7 Å². The zero-order chi connectivity index (χ0) is 18.8. The average Bonchev–Trinajstić information content (AvgIpc) is 2.66. The Kier molecular flexibility index (Phi) is 3.85. The molecule has 0 fully saturated rings. The van der Waals surface area contributed by atoms with Gasteiger partial charge in [0.05, 0.1) is 11.6 Å². The van der Waals surface area contributed by atoms with Crippen molar-refractivity contribution in [2.24, 2.45) is 0 Å². The summed E-state index contributed by atoms with van der Waals surface area (Å²) in [5.74, 6) is 0.